The van der Waals surface area contributed by atoms with Crippen LogP contribution in [0.3, 0.4) is 0 Å². The van der Waals surface area contributed by atoms with Crippen LogP contribution in [0.15, 0.2) is 57.1 Å². The van der Waals surface area contributed by atoms with E-state index in [0.717, 1.165) is 46.3 Å². The number of likely N-dealkylation sites (N-methyl/N-ethyl adjacent to an activating group) is 1. The number of H-pyrrole nitrogens is 1. The molecule has 0 fully saturated rings. The Morgan fingerprint density at radius 1 is 1.17 bits per heavy atom. The number of aromatic amines is 1. The van der Waals surface area contributed by atoms with Crippen LogP contribution in [0.25, 0.3) is 10.9 Å². The van der Waals surface area contributed by atoms with E-state index in [1.54, 1.807) is 0 Å². The van der Waals surface area contributed by atoms with Crippen LogP contribution in [-0.4, -0.2) is 52.7 Å². The SMILES string of the molecule is CCN(CC)CCON=C1C(c2c(O)[nH]c3ccc(Br)cc23)=Nc2ccccc21. The highest BCUT2D eigenvalue weighted by molar-refractivity contribution is 9.10. The van der Waals surface area contributed by atoms with E-state index in [2.05, 4.69) is 44.8 Å². The van der Waals surface area contributed by atoms with Gasteiger partial charge in [-0.3, -0.25) is 0 Å². The highest BCUT2D eigenvalue weighted by Crippen LogP contribution is 2.36. The second-order valence-corrected chi connectivity index (χ2v) is 7.73. The first kappa shape index (κ1) is 19.7. The summed E-state index contributed by atoms with van der Waals surface area (Å²) >= 11 is 3.51. The summed E-state index contributed by atoms with van der Waals surface area (Å²) in [6.45, 7) is 7.51. The van der Waals surface area contributed by atoms with Crippen LogP contribution in [0.2, 0.25) is 0 Å². The molecule has 3 aromatic rings. The Hall–Kier alpha value is -2.64. The molecule has 0 radical (unpaired) electrons. The van der Waals surface area contributed by atoms with E-state index in [-0.39, 0.29) is 5.88 Å². The van der Waals surface area contributed by atoms with Crippen LogP contribution in [0.5, 0.6) is 5.88 Å². The van der Waals surface area contributed by atoms with Crippen molar-refractivity contribution >= 4 is 43.9 Å². The zero-order chi connectivity index (χ0) is 20.4. The van der Waals surface area contributed by atoms with E-state index in [0.29, 0.717) is 23.6 Å². The molecular weight excluding hydrogens is 432 g/mol. The molecule has 0 unspecified atom stereocenters. The van der Waals surface area contributed by atoms with E-state index in [4.69, 9.17) is 9.83 Å². The van der Waals surface area contributed by atoms with Gasteiger partial charge in [-0.25, -0.2) is 4.99 Å². The molecule has 0 saturated carbocycles. The highest BCUT2D eigenvalue weighted by Gasteiger charge is 2.29. The van der Waals surface area contributed by atoms with Gasteiger partial charge in [0.15, 0.2) is 5.88 Å². The van der Waals surface area contributed by atoms with Crippen molar-refractivity contribution in [2.75, 3.05) is 26.2 Å². The number of benzene rings is 2. The van der Waals surface area contributed by atoms with Crippen molar-refractivity contribution in [2.45, 2.75) is 13.8 Å². The molecular formula is C22H23BrN4O2. The number of hydrogen-bond donors (Lipinski definition) is 2. The average Bonchev–Trinajstić information content (AvgIpc) is 3.24. The predicted octanol–water partition coefficient (Wildman–Crippen LogP) is 4.83. The second kappa shape index (κ2) is 8.39. The molecule has 2 heterocycles. The molecule has 7 heteroatoms. The standard InChI is InChI=1S/C22H23BrN4O2/c1-3-27(4-2)11-12-29-26-20-15-7-5-6-8-17(15)24-21(20)19-16-13-14(23)9-10-18(16)25-22(19)28/h5-10,13,25,28H,3-4,11-12H2,1-2H3. The zero-order valence-electron chi connectivity index (χ0n) is 16.4. The lowest BCUT2D eigenvalue weighted by Crippen LogP contribution is -2.26. The Morgan fingerprint density at radius 2 is 1.97 bits per heavy atom. The number of fused-ring (bicyclic) bond motifs is 2. The quantitative estimate of drug-likeness (QED) is 0.396. The number of para-hydroxylation sites is 1. The number of oxime groups is 1. The first-order chi connectivity index (χ1) is 14.1. The molecule has 0 aliphatic carbocycles. The van der Waals surface area contributed by atoms with Crippen LogP contribution in [0.1, 0.15) is 25.0 Å². The fourth-order valence-electron chi connectivity index (χ4n) is 3.55. The van der Waals surface area contributed by atoms with E-state index in [9.17, 15) is 5.11 Å². The summed E-state index contributed by atoms with van der Waals surface area (Å²) in [5.41, 5.74) is 4.42. The predicted molar refractivity (Wildman–Crippen MR) is 121 cm³/mol. The maximum Gasteiger partial charge on any atom is 0.199 e. The van der Waals surface area contributed by atoms with Gasteiger partial charge in [-0.1, -0.05) is 53.1 Å². The highest BCUT2D eigenvalue weighted by atomic mass is 79.9. The van der Waals surface area contributed by atoms with Crippen molar-refractivity contribution in [3.8, 4) is 5.88 Å². The van der Waals surface area contributed by atoms with Gasteiger partial charge in [0.05, 0.1) is 11.3 Å². The smallest absolute Gasteiger partial charge is 0.199 e. The lowest BCUT2D eigenvalue weighted by atomic mass is 10.0. The van der Waals surface area contributed by atoms with E-state index >= 15 is 0 Å². The third kappa shape index (κ3) is 3.80. The van der Waals surface area contributed by atoms with Crippen molar-refractivity contribution in [3.05, 3.63) is 58.1 Å². The minimum Gasteiger partial charge on any atom is -0.494 e. The van der Waals surface area contributed by atoms with E-state index < -0.39 is 0 Å². The minimum atomic E-state index is 0.0699. The van der Waals surface area contributed by atoms with Crippen LogP contribution in [-0.2, 0) is 4.84 Å². The molecule has 1 aromatic heterocycles. The molecule has 0 atom stereocenters. The summed E-state index contributed by atoms with van der Waals surface area (Å²) in [4.78, 5) is 15.7. The van der Waals surface area contributed by atoms with E-state index in [1.807, 2.05) is 42.5 Å². The number of hydrogen-bond acceptors (Lipinski definition) is 5. The Balaban J connectivity index is 1.72. The van der Waals surface area contributed by atoms with Gasteiger partial charge < -0.3 is 19.8 Å². The number of nitrogens with zero attached hydrogens (tertiary/aromatic N) is 3. The molecule has 6 nitrogen and oxygen atoms in total. The topological polar surface area (TPSA) is 73.2 Å². The van der Waals surface area contributed by atoms with Crippen LogP contribution < -0.4 is 0 Å². The summed E-state index contributed by atoms with van der Waals surface area (Å²) in [6, 6.07) is 13.6. The largest absolute Gasteiger partial charge is 0.494 e. The number of aromatic hydroxyl groups is 1. The summed E-state index contributed by atoms with van der Waals surface area (Å²) in [7, 11) is 0. The molecule has 0 bridgehead atoms. The third-order valence-corrected chi connectivity index (χ3v) is 5.64. The van der Waals surface area contributed by atoms with Crippen molar-refractivity contribution in [1.82, 2.24) is 9.88 Å². The molecule has 0 spiro atoms. The number of rotatable bonds is 7. The summed E-state index contributed by atoms with van der Waals surface area (Å²) in [5, 5.41) is 15.9. The fourth-order valence-corrected chi connectivity index (χ4v) is 3.91. The van der Waals surface area contributed by atoms with Crippen molar-refractivity contribution in [3.63, 3.8) is 0 Å². The lowest BCUT2D eigenvalue weighted by Gasteiger charge is -2.16. The lowest BCUT2D eigenvalue weighted by molar-refractivity contribution is 0.115. The van der Waals surface area contributed by atoms with Crippen molar-refractivity contribution < 1.29 is 9.94 Å². The molecule has 2 aromatic carbocycles. The Bertz CT molecular complexity index is 1100. The Morgan fingerprint density at radius 3 is 2.76 bits per heavy atom. The molecule has 1 aliphatic rings. The molecule has 150 valence electrons. The molecule has 2 N–H and O–H groups in total. The number of nitrogens with one attached hydrogen (secondary N) is 1. The zero-order valence-corrected chi connectivity index (χ0v) is 18.0. The second-order valence-electron chi connectivity index (χ2n) is 6.82. The third-order valence-electron chi connectivity index (χ3n) is 5.14. The van der Waals surface area contributed by atoms with E-state index in [1.165, 1.54) is 0 Å². The molecule has 4 rings (SSSR count). The fraction of sp³-hybridized carbons (Fsp3) is 0.273. The number of halogens is 1. The van der Waals surface area contributed by atoms with Gasteiger partial charge in [0.25, 0.3) is 0 Å². The molecule has 0 saturated heterocycles. The van der Waals surface area contributed by atoms with Gasteiger partial charge in [0.1, 0.15) is 18.0 Å². The maximum absolute atomic E-state index is 10.6. The molecule has 29 heavy (non-hydrogen) atoms. The van der Waals surface area contributed by atoms with Gasteiger partial charge in [-0.2, -0.15) is 0 Å². The van der Waals surface area contributed by atoms with Gasteiger partial charge in [0.2, 0.25) is 0 Å². The van der Waals surface area contributed by atoms with Crippen molar-refractivity contribution in [2.24, 2.45) is 10.1 Å². The van der Waals surface area contributed by atoms with Crippen LogP contribution >= 0.6 is 15.9 Å². The van der Waals surface area contributed by atoms with Gasteiger partial charge in [0, 0.05) is 27.5 Å². The minimum absolute atomic E-state index is 0.0699. The van der Waals surface area contributed by atoms with Gasteiger partial charge in [-0.05, 0) is 37.4 Å². The normalized spacial score (nSPS) is 14.6. The maximum atomic E-state index is 10.6. The summed E-state index contributed by atoms with van der Waals surface area (Å²) < 4.78 is 0.926. The monoisotopic (exact) mass is 454 g/mol. The number of aliphatic imine (C=N–C) groups is 1. The van der Waals surface area contributed by atoms with Gasteiger partial charge in [-0.15, -0.1) is 0 Å². The average molecular weight is 455 g/mol. The summed E-state index contributed by atoms with van der Waals surface area (Å²) in [6.07, 6.45) is 0. The number of aromatic nitrogens is 1. The molecule has 1 aliphatic heterocycles. The summed E-state index contributed by atoms with van der Waals surface area (Å²) in [5.74, 6) is 0.0699. The Kier molecular flexibility index (Phi) is 5.69. The first-order valence-electron chi connectivity index (χ1n) is 9.73. The van der Waals surface area contributed by atoms with Crippen LogP contribution in [0.4, 0.5) is 5.69 Å². The van der Waals surface area contributed by atoms with Crippen LogP contribution in [0, 0.1) is 0 Å². The van der Waals surface area contributed by atoms with Gasteiger partial charge >= 0.3 is 0 Å². The first-order valence-corrected chi connectivity index (χ1v) is 10.5. The Labute approximate surface area is 178 Å². The molecule has 0 amide bonds. The van der Waals surface area contributed by atoms with Crippen molar-refractivity contribution in [1.29, 1.82) is 0 Å².